The Kier molecular flexibility index (Phi) is 111. The van der Waals surface area contributed by atoms with Crippen molar-refractivity contribution in [2.75, 3.05) is 39.6 Å². The monoisotopic (exact) mass is 2010 g/mol. The number of carbonyl (C=O) groups is 18. The molecule has 2 aromatic carbocycles. The maximum atomic E-state index is 11.7. The SMILES string of the molecule is C=C(C)C(=O)O.C=C(C)C(=O)O.C=C(C)C(=O)OCCOC(=O)c1ccccc1C(=O)O.C=C(C)C(=O)OCCOC(=O)c1ccccc1C(=O)O.C=C(C)C(=O)[O][AlH2].C=CC(=O)O.C=CC(=O)O.C=CC(=O)OCCC(=O)O.C=CC(=O)OCCC(=O)O.C=CC(=O)[O][AlH2].C=CC(=O)[O][InH2].C=CC(=O)[O][SnH].[Zn].[Zn].[Zn].[Zn]. The first-order valence-corrected chi connectivity index (χ1v) is 33.8. The Bertz CT molecular complexity index is 3190. The number of rotatable bonds is 28. The summed E-state index contributed by atoms with van der Waals surface area (Å²) in [5.74, 6) is -13.4. The zero-order chi connectivity index (χ0) is 85.9. The molecule has 8 N–H and O–H groups in total. The van der Waals surface area contributed by atoms with Crippen molar-refractivity contribution >= 4 is 188 Å². The summed E-state index contributed by atoms with van der Waals surface area (Å²) >= 11 is 1.47. The van der Waals surface area contributed by atoms with Gasteiger partial charge in [0, 0.05) is 136 Å². The van der Waals surface area contributed by atoms with E-state index < -0.39 is 83.6 Å². The topological polar surface area (TPSA) is 561 Å². The molecule has 0 atom stereocenters. The van der Waals surface area contributed by atoms with Gasteiger partial charge in [-0.15, -0.1) is 0 Å². The van der Waals surface area contributed by atoms with Gasteiger partial charge >= 0.3 is 217 Å². The molecule has 0 spiro atoms. The van der Waals surface area contributed by atoms with E-state index in [1.165, 1.54) is 76.2 Å². The largest absolute Gasteiger partial charge is 0 e. The van der Waals surface area contributed by atoms with E-state index in [-0.39, 0.29) is 224 Å². The number of carbonyl (C=O) groups excluding carboxylic acids is 10. The molecule has 0 aliphatic rings. The molecule has 36 nitrogen and oxygen atoms in total. The molecular weight excluding hydrogens is 1930 g/mol. The smallest absolute Gasteiger partial charge is 0 e. The van der Waals surface area contributed by atoms with E-state index in [1.54, 1.807) is 6.92 Å². The maximum Gasteiger partial charge on any atom is 0 e. The molecule has 0 heterocycles. The molecule has 0 aromatic heterocycles. The van der Waals surface area contributed by atoms with Crippen LogP contribution in [0.2, 0.25) is 0 Å². The number of esters is 6. The van der Waals surface area contributed by atoms with E-state index >= 15 is 0 Å². The number of hydrogen-bond acceptors (Lipinski definition) is 28. The Balaban J connectivity index is -0.0000000799. The molecule has 0 aliphatic heterocycles. The van der Waals surface area contributed by atoms with Gasteiger partial charge in [0.1, 0.15) is 39.6 Å². The molecule has 2 rings (SSSR count). The van der Waals surface area contributed by atoms with Crippen molar-refractivity contribution in [3.8, 4) is 0 Å². The molecule has 0 amide bonds. The normalized spacial score (nSPS) is 7.95. The molecule has 44 heteroatoms. The van der Waals surface area contributed by atoms with E-state index in [0.29, 0.717) is 61.8 Å². The Morgan fingerprint density at radius 2 is 0.604 bits per heavy atom. The quantitative estimate of drug-likeness (QED) is 0.0199. The minimum atomic E-state index is -1.22. The van der Waals surface area contributed by atoms with E-state index in [9.17, 15) is 86.3 Å². The zero-order valence-corrected chi connectivity index (χ0v) is 87.6. The third kappa shape index (κ3) is 105. The fourth-order valence-corrected chi connectivity index (χ4v) is 4.88. The first-order valence-electron chi connectivity index (χ1n) is 28.5. The first kappa shape index (κ1) is 134. The summed E-state index contributed by atoms with van der Waals surface area (Å²) in [5, 5.41) is 65.0. The molecular formula is C67H85Al2InO36SnZn4. The standard InChI is InChI=1S/2C14H14O6.2C6H8O4.3C4H6O2.5C3H4O2.2Al.In.Sn.4Zn.7H/c2*1-9(2)13(17)19-7-8-20-14(18)11-6-4-3-5-10(11)12(15)16;2*1-2-6(9)10-4-3-5(7)8;3*1-3(2)4(5)6;5*1-2-3(4)5;;;;;;;;;;;;;;;/h2*3-6H,1,7-8H2,2H3,(H,15,16);2*2H,1,3-4H2,(H,7,8);3*1H2,2H3,(H,5,6);5*2H,1H2,(H,4,5);;;;;;;;;;;;;;;/q;;;;;;;;;;;;4*+1;;;;;;;;;;;/p-4. The average molecular weight is 2020 g/mol. The van der Waals surface area contributed by atoms with Crippen LogP contribution in [0.1, 0.15) is 88.9 Å². The Labute approximate surface area is 735 Å². The van der Waals surface area contributed by atoms with Gasteiger partial charge in [0.15, 0.2) is 0 Å². The number of benzene rings is 2. The number of hydrogen-bond donors (Lipinski definition) is 8. The summed E-state index contributed by atoms with van der Waals surface area (Å²) in [6.45, 7) is 45.0. The predicted octanol–water partition coefficient (Wildman–Crippen LogP) is 3.21. The van der Waals surface area contributed by atoms with Gasteiger partial charge < -0.3 is 76.9 Å². The van der Waals surface area contributed by atoms with Crippen LogP contribution < -0.4 is 0 Å². The van der Waals surface area contributed by atoms with Crippen LogP contribution in [0.15, 0.2) is 198 Å². The fourth-order valence-electron chi connectivity index (χ4n) is 3.62. The Morgan fingerprint density at radius 3 is 0.739 bits per heavy atom. The predicted molar refractivity (Wildman–Crippen MR) is 389 cm³/mol. The second-order valence-corrected chi connectivity index (χ2v) is 20.1. The maximum absolute atomic E-state index is 11.7. The van der Waals surface area contributed by atoms with Crippen molar-refractivity contribution in [1.82, 2.24) is 0 Å². The van der Waals surface area contributed by atoms with Crippen LogP contribution in [-0.4, -0.2) is 269 Å². The number of aromatic carboxylic acids is 2. The molecule has 0 fully saturated rings. The number of carboxylic acids is 8. The zero-order valence-electron chi connectivity index (χ0n) is 62.7. The summed E-state index contributed by atoms with van der Waals surface area (Å²) in [5.41, 5.74) is 0.922. The minimum absolute atomic E-state index is 0. The van der Waals surface area contributed by atoms with Crippen LogP contribution in [0.5, 0.6) is 0 Å². The van der Waals surface area contributed by atoms with Crippen molar-refractivity contribution in [3.63, 3.8) is 0 Å². The minimum Gasteiger partial charge on any atom is 0 e. The second kappa shape index (κ2) is 91.6. The molecule has 590 valence electrons. The Hall–Kier alpha value is -8.99. The summed E-state index contributed by atoms with van der Waals surface area (Å²) in [6.07, 6.45) is 6.76. The van der Waals surface area contributed by atoms with Crippen LogP contribution in [-0.2, 0) is 187 Å². The molecule has 0 saturated heterocycles. The van der Waals surface area contributed by atoms with E-state index in [1.807, 2.05) is 0 Å². The van der Waals surface area contributed by atoms with Crippen LogP contribution in [0.3, 0.4) is 0 Å². The molecule has 2 aromatic rings. The van der Waals surface area contributed by atoms with Gasteiger partial charge in [0.2, 0.25) is 0 Å². The van der Waals surface area contributed by atoms with Gasteiger partial charge in [0.25, 0.3) is 11.9 Å². The average Bonchev–Trinajstić information content (AvgIpc) is 0.859. The van der Waals surface area contributed by atoms with Crippen LogP contribution in [0.25, 0.3) is 0 Å². The van der Waals surface area contributed by atoms with Crippen molar-refractivity contribution in [2.24, 2.45) is 0 Å². The molecule has 111 heavy (non-hydrogen) atoms. The van der Waals surface area contributed by atoms with Gasteiger partial charge in [-0.2, -0.15) is 0 Å². The fraction of sp³-hybridized carbons (Fsp3) is 0.194. The van der Waals surface area contributed by atoms with Gasteiger partial charge in [0.05, 0.1) is 35.1 Å². The molecule has 2 radical (unpaired) electrons. The first-order chi connectivity index (χ1) is 49.6. The second-order valence-electron chi connectivity index (χ2n) is 17.5. The van der Waals surface area contributed by atoms with Crippen molar-refractivity contribution in [2.45, 2.75) is 47.5 Å². The number of carboxylic acid groups (broad SMARTS) is 8. The summed E-state index contributed by atoms with van der Waals surface area (Å²) in [6, 6.07) is 11.4. The third-order valence-electron chi connectivity index (χ3n) is 8.64. The van der Waals surface area contributed by atoms with E-state index in [0.717, 1.165) is 42.5 Å². The molecule has 0 unspecified atom stereocenters. The van der Waals surface area contributed by atoms with E-state index in [2.05, 4.69) is 102 Å². The summed E-state index contributed by atoms with van der Waals surface area (Å²) in [4.78, 5) is 185. The number of aliphatic carboxylic acids is 6. The third-order valence-corrected chi connectivity index (χ3v) is 11.2. The van der Waals surface area contributed by atoms with Crippen molar-refractivity contribution < 1.29 is 247 Å². The van der Waals surface area contributed by atoms with Crippen LogP contribution >= 0.6 is 0 Å². The molecule has 0 aliphatic carbocycles. The Morgan fingerprint density at radius 1 is 0.360 bits per heavy atom. The number of ether oxygens (including phenoxy) is 6. The van der Waals surface area contributed by atoms with Gasteiger partial charge in [-0.05, 0) is 58.9 Å². The summed E-state index contributed by atoms with van der Waals surface area (Å²) in [7, 11) is 0. The van der Waals surface area contributed by atoms with E-state index in [4.69, 9.17) is 59.8 Å². The van der Waals surface area contributed by atoms with Crippen molar-refractivity contribution in [3.05, 3.63) is 220 Å². The van der Waals surface area contributed by atoms with Gasteiger partial charge in [-0.25, -0.2) is 57.5 Å². The van der Waals surface area contributed by atoms with Crippen LogP contribution in [0.4, 0.5) is 0 Å². The van der Waals surface area contributed by atoms with Gasteiger partial charge in [-0.3, -0.25) is 19.2 Å². The van der Waals surface area contributed by atoms with Gasteiger partial charge in [-0.1, -0.05) is 90.1 Å². The molecule has 0 bridgehead atoms. The van der Waals surface area contributed by atoms with Crippen LogP contribution in [0, 0.1) is 0 Å². The molecule has 0 saturated carbocycles. The van der Waals surface area contributed by atoms with Crippen molar-refractivity contribution in [1.29, 1.82) is 0 Å². The summed E-state index contributed by atoms with van der Waals surface area (Å²) < 4.78 is 45.2.